The number of amides is 2. The Bertz CT molecular complexity index is 1300. The fourth-order valence-electron chi connectivity index (χ4n) is 5.67. The Labute approximate surface area is 242 Å². The van der Waals surface area contributed by atoms with Crippen LogP contribution >= 0.6 is 11.3 Å². The zero-order valence-electron chi connectivity index (χ0n) is 23.8. The summed E-state index contributed by atoms with van der Waals surface area (Å²) in [7, 11) is 2.08. The minimum Gasteiger partial charge on any atom is -0.373 e. The number of nitrogens with zero attached hydrogens (tertiary/aromatic N) is 2. The van der Waals surface area contributed by atoms with Gasteiger partial charge >= 0.3 is 0 Å². The maximum Gasteiger partial charge on any atom is 0.265 e. The molecule has 3 aromatic rings. The van der Waals surface area contributed by atoms with Crippen LogP contribution in [-0.2, 0) is 11.3 Å². The van der Waals surface area contributed by atoms with Crippen LogP contribution in [0.4, 0.5) is 11.4 Å². The average molecular weight is 559 g/mol. The molecule has 7 heteroatoms. The minimum absolute atomic E-state index is 0.0903. The van der Waals surface area contributed by atoms with Crippen LogP contribution in [0.1, 0.15) is 73.5 Å². The number of hydrogen-bond acceptors (Lipinski definition) is 5. The monoisotopic (exact) mass is 558 g/mol. The van der Waals surface area contributed by atoms with E-state index in [2.05, 4.69) is 71.6 Å². The van der Waals surface area contributed by atoms with E-state index in [1.54, 1.807) is 0 Å². The molecule has 5 rings (SSSR count). The molecule has 0 unspecified atom stereocenters. The van der Waals surface area contributed by atoms with Crippen LogP contribution in [0.25, 0.3) is 11.1 Å². The van der Waals surface area contributed by atoms with Crippen LogP contribution in [-0.4, -0.2) is 42.4 Å². The Morgan fingerprint density at radius 3 is 2.45 bits per heavy atom. The van der Waals surface area contributed by atoms with Gasteiger partial charge in [-0.15, -0.1) is 11.3 Å². The Balaban J connectivity index is 1.40. The molecule has 2 fully saturated rings. The van der Waals surface area contributed by atoms with E-state index in [1.165, 1.54) is 11.3 Å². The Morgan fingerprint density at radius 2 is 1.75 bits per heavy atom. The van der Waals surface area contributed by atoms with Gasteiger partial charge in [-0.05, 0) is 91.3 Å². The number of nitrogens with two attached hydrogens (primary N) is 1. The maximum absolute atomic E-state index is 13.3. The van der Waals surface area contributed by atoms with E-state index in [-0.39, 0.29) is 23.9 Å². The molecule has 2 aliphatic carbocycles. The normalized spacial score (nSPS) is 18.8. The molecule has 2 aromatic carbocycles. The average Bonchev–Trinajstić information content (AvgIpc) is 3.68. The van der Waals surface area contributed by atoms with Crippen molar-refractivity contribution in [1.82, 2.24) is 4.90 Å². The second-order valence-electron chi connectivity index (χ2n) is 11.4. The molecule has 0 aliphatic heterocycles. The molecule has 1 aromatic heterocycles. The van der Waals surface area contributed by atoms with Crippen LogP contribution in [0.5, 0.6) is 0 Å². The minimum atomic E-state index is -0.0903. The van der Waals surface area contributed by atoms with Gasteiger partial charge in [0.05, 0.1) is 16.3 Å². The summed E-state index contributed by atoms with van der Waals surface area (Å²) in [5, 5.41) is 5.10. The van der Waals surface area contributed by atoms with Gasteiger partial charge in [0.1, 0.15) is 0 Å². The molecule has 2 saturated carbocycles. The van der Waals surface area contributed by atoms with Crippen molar-refractivity contribution in [3.8, 4) is 11.1 Å². The zero-order chi connectivity index (χ0) is 28.1. The van der Waals surface area contributed by atoms with Crippen molar-refractivity contribution in [2.45, 2.75) is 76.9 Å². The number of benzene rings is 2. The van der Waals surface area contributed by atoms with E-state index in [4.69, 9.17) is 5.73 Å². The number of nitrogens with one attached hydrogen (secondary N) is 1. The zero-order valence-corrected chi connectivity index (χ0v) is 24.6. The summed E-state index contributed by atoms with van der Waals surface area (Å²) in [6.45, 7) is 3.74. The topological polar surface area (TPSA) is 78.7 Å². The first kappa shape index (κ1) is 28.4. The lowest BCUT2D eigenvalue weighted by Crippen LogP contribution is -2.44. The van der Waals surface area contributed by atoms with Crippen LogP contribution in [0.2, 0.25) is 0 Å². The van der Waals surface area contributed by atoms with Crippen LogP contribution in [0.3, 0.4) is 0 Å². The number of carbonyl (C=O) groups is 2. The van der Waals surface area contributed by atoms with Crippen LogP contribution in [0, 0.1) is 5.92 Å². The van der Waals surface area contributed by atoms with Crippen LogP contribution < -0.4 is 16.0 Å². The van der Waals surface area contributed by atoms with Gasteiger partial charge in [0.15, 0.2) is 0 Å². The second kappa shape index (κ2) is 13.0. The molecule has 2 amide bonds. The van der Waals surface area contributed by atoms with Crippen molar-refractivity contribution in [3.05, 3.63) is 70.4 Å². The molecule has 0 bridgehead atoms. The number of unbranched alkanes of at least 4 members (excludes halogenated alkanes) is 1. The number of rotatable bonds is 11. The van der Waals surface area contributed by atoms with E-state index < -0.39 is 0 Å². The number of hydrogen-bond donors (Lipinski definition) is 2. The van der Waals surface area contributed by atoms with Crippen molar-refractivity contribution in [3.63, 3.8) is 0 Å². The van der Waals surface area contributed by atoms with Gasteiger partial charge in [-0.2, -0.15) is 0 Å². The predicted octanol–water partition coefficient (Wildman–Crippen LogP) is 6.91. The van der Waals surface area contributed by atoms with Gasteiger partial charge in [0.2, 0.25) is 5.91 Å². The first-order valence-electron chi connectivity index (χ1n) is 14.8. The van der Waals surface area contributed by atoms with Gasteiger partial charge in [-0.25, -0.2) is 0 Å². The van der Waals surface area contributed by atoms with Gasteiger partial charge in [-0.3, -0.25) is 9.59 Å². The van der Waals surface area contributed by atoms with Crippen molar-refractivity contribution < 1.29 is 9.59 Å². The van der Waals surface area contributed by atoms with E-state index in [1.807, 2.05) is 17.5 Å². The summed E-state index contributed by atoms with van der Waals surface area (Å²) in [5.41, 5.74) is 11.2. The number of thiophene rings is 1. The smallest absolute Gasteiger partial charge is 0.265 e. The fourth-order valence-corrected chi connectivity index (χ4v) is 6.29. The van der Waals surface area contributed by atoms with Gasteiger partial charge < -0.3 is 20.9 Å². The lowest BCUT2D eigenvalue weighted by Gasteiger charge is -2.36. The molecule has 0 atom stereocenters. The van der Waals surface area contributed by atoms with Crippen molar-refractivity contribution in [1.29, 1.82) is 0 Å². The van der Waals surface area contributed by atoms with E-state index in [0.29, 0.717) is 17.3 Å². The molecular weight excluding hydrogens is 516 g/mol. The van der Waals surface area contributed by atoms with Gasteiger partial charge in [-0.1, -0.05) is 43.7 Å². The van der Waals surface area contributed by atoms with Crippen LogP contribution in [0.15, 0.2) is 60.0 Å². The van der Waals surface area contributed by atoms with Crippen molar-refractivity contribution in [2.75, 3.05) is 23.8 Å². The molecule has 3 N–H and O–H groups in total. The van der Waals surface area contributed by atoms with E-state index in [0.717, 1.165) is 86.0 Å². The highest BCUT2D eigenvalue weighted by Gasteiger charge is 2.37. The van der Waals surface area contributed by atoms with E-state index >= 15 is 0 Å². The molecule has 0 saturated heterocycles. The highest BCUT2D eigenvalue weighted by atomic mass is 32.1. The Morgan fingerprint density at radius 1 is 0.975 bits per heavy atom. The summed E-state index contributed by atoms with van der Waals surface area (Å²) in [6, 6.07) is 19.1. The largest absolute Gasteiger partial charge is 0.373 e. The summed E-state index contributed by atoms with van der Waals surface area (Å²) in [6.07, 6.45) is 8.17. The maximum atomic E-state index is 13.3. The number of anilines is 2. The third-order valence-corrected chi connectivity index (χ3v) is 9.12. The summed E-state index contributed by atoms with van der Waals surface area (Å²) in [5.74, 6) is 0.418. The molecule has 6 nitrogen and oxygen atoms in total. The standard InChI is InChI=1S/C33H42N4O2S/c1-3-4-18-36(2)30-17-12-26(21-29(30)35-32(38)31-9-6-19-40-31)25-8-5-7-23(20-25)22-37(33(39)24-10-11-24)28-15-13-27(34)14-16-28/h5-9,12,17,19-21,24,27-28H,3-4,10-11,13-16,18,22,34H2,1-2H3,(H,35,38). The molecule has 0 radical (unpaired) electrons. The molecule has 1 heterocycles. The predicted molar refractivity (Wildman–Crippen MR) is 166 cm³/mol. The highest BCUT2D eigenvalue weighted by molar-refractivity contribution is 7.12. The van der Waals surface area contributed by atoms with Crippen molar-refractivity contribution >= 4 is 34.5 Å². The summed E-state index contributed by atoms with van der Waals surface area (Å²) < 4.78 is 0. The highest BCUT2D eigenvalue weighted by Crippen LogP contribution is 2.36. The molecule has 40 heavy (non-hydrogen) atoms. The second-order valence-corrected chi connectivity index (χ2v) is 12.4. The molecule has 212 valence electrons. The SMILES string of the molecule is CCCCN(C)c1ccc(-c2cccc(CN(C(=O)C3CC3)C3CCC(N)CC3)c2)cc1NC(=O)c1cccs1. The quantitative estimate of drug-likeness (QED) is 0.268. The molecular formula is C33H42N4O2S. The number of carbonyl (C=O) groups excluding carboxylic acids is 2. The Hall–Kier alpha value is -3.16. The van der Waals surface area contributed by atoms with Gasteiger partial charge in [0.25, 0.3) is 5.91 Å². The first-order chi connectivity index (χ1) is 19.4. The molecule has 2 aliphatic rings. The van der Waals surface area contributed by atoms with E-state index in [9.17, 15) is 9.59 Å². The van der Waals surface area contributed by atoms with Gasteiger partial charge in [0, 0.05) is 38.1 Å². The summed E-state index contributed by atoms with van der Waals surface area (Å²) >= 11 is 1.44. The Kier molecular flexibility index (Phi) is 9.22. The lowest BCUT2D eigenvalue weighted by molar-refractivity contribution is -0.136. The third-order valence-electron chi connectivity index (χ3n) is 8.25. The third kappa shape index (κ3) is 6.94. The summed E-state index contributed by atoms with van der Waals surface area (Å²) in [4.78, 5) is 31.4. The fraction of sp³-hybridized carbons (Fsp3) is 0.455. The first-order valence-corrected chi connectivity index (χ1v) is 15.7. The van der Waals surface area contributed by atoms with Crippen molar-refractivity contribution in [2.24, 2.45) is 11.7 Å². The lowest BCUT2D eigenvalue weighted by atomic mass is 9.90. The molecule has 0 spiro atoms.